The quantitative estimate of drug-likeness (QED) is 0.786. The first-order valence-corrected chi connectivity index (χ1v) is 7.32. The van der Waals surface area contributed by atoms with Crippen molar-refractivity contribution in [2.24, 2.45) is 0 Å². The van der Waals surface area contributed by atoms with Gasteiger partial charge in [-0.25, -0.2) is 4.79 Å². The van der Waals surface area contributed by atoms with E-state index in [1.807, 2.05) is 19.1 Å². The zero-order chi connectivity index (χ0) is 16.9. The third-order valence-electron chi connectivity index (χ3n) is 3.99. The predicted octanol–water partition coefficient (Wildman–Crippen LogP) is 2.53. The zero-order valence-corrected chi connectivity index (χ0v) is 13.5. The molecule has 0 fully saturated rings. The van der Waals surface area contributed by atoms with Crippen molar-refractivity contribution in [1.29, 1.82) is 0 Å². The number of benzene rings is 1. The maximum absolute atomic E-state index is 12.1. The number of nitrogens with zero attached hydrogens (tertiary/aromatic N) is 1. The minimum atomic E-state index is -1.29. The number of amides is 1. The van der Waals surface area contributed by atoms with Gasteiger partial charge in [0.05, 0.1) is 0 Å². The Labute approximate surface area is 130 Å². The first kappa shape index (κ1) is 17.9. The first-order valence-electron chi connectivity index (χ1n) is 7.32. The van der Waals surface area contributed by atoms with Gasteiger partial charge < -0.3 is 10.0 Å². The van der Waals surface area contributed by atoms with Crippen molar-refractivity contribution in [2.45, 2.75) is 45.6 Å². The summed E-state index contributed by atoms with van der Waals surface area (Å²) >= 11 is 0. The van der Waals surface area contributed by atoms with Crippen LogP contribution in [0.5, 0.6) is 0 Å². The molecule has 1 N–H and O–H groups in total. The molecule has 0 aliphatic heterocycles. The normalized spacial score (nSPS) is 11.1. The van der Waals surface area contributed by atoms with Crippen LogP contribution in [0.2, 0.25) is 0 Å². The predicted molar refractivity (Wildman–Crippen MR) is 83.9 cm³/mol. The minimum absolute atomic E-state index is 0.00156. The van der Waals surface area contributed by atoms with Crippen molar-refractivity contribution in [3.63, 3.8) is 0 Å². The molecule has 0 aliphatic carbocycles. The van der Waals surface area contributed by atoms with Crippen molar-refractivity contribution in [3.05, 3.63) is 35.4 Å². The van der Waals surface area contributed by atoms with Crippen LogP contribution >= 0.6 is 0 Å². The summed E-state index contributed by atoms with van der Waals surface area (Å²) < 4.78 is 0. The third-order valence-corrected chi connectivity index (χ3v) is 3.99. The summed E-state index contributed by atoms with van der Waals surface area (Å²) in [5.74, 6) is -1.55. The molecular formula is C17H23NO4. The summed E-state index contributed by atoms with van der Waals surface area (Å²) in [6, 6.07) is 7.32. The molecule has 1 rings (SSSR count). The molecule has 0 aromatic heterocycles. The van der Waals surface area contributed by atoms with E-state index in [0.717, 1.165) is 12.0 Å². The van der Waals surface area contributed by atoms with E-state index in [1.165, 1.54) is 25.8 Å². The van der Waals surface area contributed by atoms with Gasteiger partial charge in [-0.3, -0.25) is 9.59 Å². The van der Waals surface area contributed by atoms with Gasteiger partial charge in [0.15, 0.2) is 5.78 Å². The molecule has 0 bridgehead atoms. The number of carbonyl (C=O) groups excluding carboxylic acids is 2. The SMILES string of the molecule is CCc1ccc(C(=O)CCC(=O)N(C)C(C)(C)C(=O)O)cc1. The van der Waals surface area contributed by atoms with E-state index in [1.54, 1.807) is 12.1 Å². The van der Waals surface area contributed by atoms with Crippen LogP contribution in [0.3, 0.4) is 0 Å². The Morgan fingerprint density at radius 1 is 1.09 bits per heavy atom. The molecule has 0 spiro atoms. The lowest BCUT2D eigenvalue weighted by atomic mass is 10.0. The highest BCUT2D eigenvalue weighted by atomic mass is 16.4. The second-order valence-electron chi connectivity index (χ2n) is 5.79. The monoisotopic (exact) mass is 305 g/mol. The highest BCUT2D eigenvalue weighted by Crippen LogP contribution is 2.15. The van der Waals surface area contributed by atoms with Gasteiger partial charge in [-0.05, 0) is 25.8 Å². The van der Waals surface area contributed by atoms with Crippen LogP contribution in [0.1, 0.15) is 49.5 Å². The molecule has 22 heavy (non-hydrogen) atoms. The Kier molecular flexibility index (Phi) is 5.85. The van der Waals surface area contributed by atoms with Gasteiger partial charge in [-0.1, -0.05) is 31.2 Å². The summed E-state index contributed by atoms with van der Waals surface area (Å²) in [4.78, 5) is 36.4. The fourth-order valence-corrected chi connectivity index (χ4v) is 1.91. The topological polar surface area (TPSA) is 74.7 Å². The van der Waals surface area contributed by atoms with Crippen LogP contribution in [0.15, 0.2) is 24.3 Å². The highest BCUT2D eigenvalue weighted by molar-refractivity contribution is 5.98. The van der Waals surface area contributed by atoms with Gasteiger partial charge >= 0.3 is 5.97 Å². The maximum atomic E-state index is 12.1. The van der Waals surface area contributed by atoms with Gasteiger partial charge in [-0.2, -0.15) is 0 Å². The molecule has 5 nitrogen and oxygen atoms in total. The number of Topliss-reactive ketones (excluding diaryl/α,β-unsaturated/α-hetero) is 1. The van der Waals surface area contributed by atoms with Crippen LogP contribution in [0.4, 0.5) is 0 Å². The molecule has 0 heterocycles. The van der Waals surface area contributed by atoms with Gasteiger partial charge in [0.25, 0.3) is 0 Å². The molecule has 0 saturated carbocycles. The molecule has 120 valence electrons. The molecule has 0 saturated heterocycles. The highest BCUT2D eigenvalue weighted by Gasteiger charge is 2.34. The number of ketones is 1. The smallest absolute Gasteiger partial charge is 0.329 e. The van der Waals surface area contributed by atoms with E-state index in [4.69, 9.17) is 5.11 Å². The van der Waals surface area contributed by atoms with E-state index in [0.29, 0.717) is 5.56 Å². The van der Waals surface area contributed by atoms with Crippen molar-refractivity contribution >= 4 is 17.7 Å². The van der Waals surface area contributed by atoms with Crippen LogP contribution in [0, 0.1) is 0 Å². The van der Waals surface area contributed by atoms with Gasteiger partial charge in [-0.15, -0.1) is 0 Å². The molecule has 0 aliphatic rings. The summed E-state index contributed by atoms with van der Waals surface area (Å²) in [7, 11) is 1.44. The molecule has 0 atom stereocenters. The summed E-state index contributed by atoms with van der Waals surface area (Å²) in [5, 5.41) is 9.10. The second kappa shape index (κ2) is 7.20. The summed E-state index contributed by atoms with van der Waals surface area (Å²) in [6.45, 7) is 4.95. The molecule has 1 amide bonds. The first-order chi connectivity index (χ1) is 10.2. The number of hydrogen-bond acceptors (Lipinski definition) is 3. The molecule has 0 unspecified atom stereocenters. The lowest BCUT2D eigenvalue weighted by Crippen LogP contribution is -2.50. The minimum Gasteiger partial charge on any atom is -0.480 e. The Morgan fingerprint density at radius 3 is 2.09 bits per heavy atom. The van der Waals surface area contributed by atoms with Gasteiger partial charge in [0.2, 0.25) is 5.91 Å². The molecule has 1 aromatic rings. The average molecular weight is 305 g/mol. The van der Waals surface area contributed by atoms with Crippen LogP contribution in [-0.2, 0) is 16.0 Å². The third kappa shape index (κ3) is 4.16. The lowest BCUT2D eigenvalue weighted by molar-refractivity contribution is -0.155. The van der Waals surface area contributed by atoms with E-state index < -0.39 is 11.5 Å². The van der Waals surface area contributed by atoms with Crippen LogP contribution < -0.4 is 0 Å². The van der Waals surface area contributed by atoms with Gasteiger partial charge in [0, 0.05) is 25.5 Å². The number of carboxylic acid groups (broad SMARTS) is 1. The summed E-state index contributed by atoms with van der Waals surface area (Å²) in [6.07, 6.45) is 0.980. The van der Waals surface area contributed by atoms with E-state index >= 15 is 0 Å². The van der Waals surface area contributed by atoms with Crippen molar-refractivity contribution in [3.8, 4) is 0 Å². The standard InChI is InChI=1S/C17H23NO4/c1-5-12-6-8-13(9-7-12)14(19)10-11-15(20)18(4)17(2,3)16(21)22/h6-9H,5,10-11H2,1-4H3,(H,21,22). The number of likely N-dealkylation sites (N-methyl/N-ethyl adjacent to an activating group) is 1. The molecule has 0 radical (unpaired) electrons. The number of aryl methyl sites for hydroxylation is 1. The van der Waals surface area contributed by atoms with Crippen LogP contribution in [0.25, 0.3) is 0 Å². The van der Waals surface area contributed by atoms with Crippen molar-refractivity contribution in [2.75, 3.05) is 7.05 Å². The van der Waals surface area contributed by atoms with Crippen molar-refractivity contribution in [1.82, 2.24) is 4.90 Å². The largest absolute Gasteiger partial charge is 0.480 e. The lowest BCUT2D eigenvalue weighted by Gasteiger charge is -2.31. The number of hydrogen-bond donors (Lipinski definition) is 1. The molecular weight excluding hydrogens is 282 g/mol. The fourth-order valence-electron chi connectivity index (χ4n) is 1.91. The average Bonchev–Trinajstić information content (AvgIpc) is 2.51. The van der Waals surface area contributed by atoms with Gasteiger partial charge in [0.1, 0.15) is 5.54 Å². The number of carbonyl (C=O) groups is 3. The molecule has 1 aromatic carbocycles. The number of rotatable bonds is 7. The van der Waals surface area contributed by atoms with E-state index in [-0.39, 0.29) is 24.5 Å². The maximum Gasteiger partial charge on any atom is 0.329 e. The Bertz CT molecular complexity index is 561. The zero-order valence-electron chi connectivity index (χ0n) is 13.5. The number of carboxylic acids is 1. The Hall–Kier alpha value is -2.17. The number of aliphatic carboxylic acids is 1. The Morgan fingerprint density at radius 2 is 1.64 bits per heavy atom. The fraction of sp³-hybridized carbons (Fsp3) is 0.471. The van der Waals surface area contributed by atoms with E-state index in [2.05, 4.69) is 0 Å². The summed E-state index contributed by atoms with van der Waals surface area (Å²) in [5.41, 5.74) is 0.434. The second-order valence-corrected chi connectivity index (χ2v) is 5.79. The van der Waals surface area contributed by atoms with Crippen molar-refractivity contribution < 1.29 is 19.5 Å². The van der Waals surface area contributed by atoms with Crippen LogP contribution in [-0.4, -0.2) is 40.3 Å². The Balaban J connectivity index is 2.63. The van der Waals surface area contributed by atoms with E-state index in [9.17, 15) is 14.4 Å². The molecule has 5 heteroatoms.